The second-order valence-corrected chi connectivity index (χ2v) is 7.68. The van der Waals surface area contributed by atoms with Gasteiger partial charge < -0.3 is 4.98 Å². The highest BCUT2D eigenvalue weighted by Crippen LogP contribution is 2.40. The van der Waals surface area contributed by atoms with Gasteiger partial charge in [-0.05, 0) is 41.9 Å². The van der Waals surface area contributed by atoms with E-state index in [-0.39, 0.29) is 11.4 Å². The fourth-order valence-electron chi connectivity index (χ4n) is 2.77. The highest BCUT2D eigenvalue weighted by Gasteiger charge is 2.20. The lowest BCUT2D eigenvalue weighted by Gasteiger charge is -2.09. The van der Waals surface area contributed by atoms with Crippen molar-refractivity contribution in [3.63, 3.8) is 0 Å². The van der Waals surface area contributed by atoms with Crippen LogP contribution in [0.4, 0.5) is 4.39 Å². The van der Waals surface area contributed by atoms with Crippen molar-refractivity contribution in [2.24, 2.45) is 0 Å². The number of aromatic amines is 1. The van der Waals surface area contributed by atoms with Crippen LogP contribution in [-0.2, 0) is 12.8 Å². The van der Waals surface area contributed by atoms with Gasteiger partial charge in [0.2, 0.25) is 0 Å². The van der Waals surface area contributed by atoms with Crippen molar-refractivity contribution in [1.82, 2.24) is 9.97 Å². The average Bonchev–Trinajstić information content (AvgIpc) is 2.85. The normalized spacial score (nSPS) is 14.2. The number of hydrogen-bond acceptors (Lipinski definition) is 4. The van der Waals surface area contributed by atoms with Crippen LogP contribution in [0.3, 0.4) is 0 Å². The van der Waals surface area contributed by atoms with Crippen LogP contribution in [0.25, 0.3) is 10.2 Å². The molecule has 4 rings (SSSR count). The fraction of sp³-hybridized carbons (Fsp3) is 0.250. The third-order valence-corrected chi connectivity index (χ3v) is 6.26. The lowest BCUT2D eigenvalue weighted by molar-refractivity contribution is 0.626. The number of thioether (sulfide) groups is 1. The number of hydrogen-bond donors (Lipinski definition) is 1. The van der Waals surface area contributed by atoms with Gasteiger partial charge in [0.1, 0.15) is 16.5 Å². The van der Waals surface area contributed by atoms with E-state index in [4.69, 9.17) is 0 Å². The number of rotatable bonds is 2. The van der Waals surface area contributed by atoms with E-state index < -0.39 is 0 Å². The summed E-state index contributed by atoms with van der Waals surface area (Å²) in [7, 11) is 0. The van der Waals surface area contributed by atoms with Crippen molar-refractivity contribution >= 4 is 33.3 Å². The minimum atomic E-state index is -0.274. The molecule has 1 aliphatic rings. The largest absolute Gasteiger partial charge is 0.310 e. The van der Waals surface area contributed by atoms with Crippen molar-refractivity contribution in [3.05, 3.63) is 57.4 Å². The quantitative estimate of drug-likeness (QED) is 0.777. The first-order valence-corrected chi connectivity index (χ1v) is 8.93. The summed E-state index contributed by atoms with van der Waals surface area (Å²) in [5.41, 5.74) is 1.89. The summed E-state index contributed by atoms with van der Waals surface area (Å²) >= 11 is 3.41. The van der Waals surface area contributed by atoms with Gasteiger partial charge in [-0.25, -0.2) is 9.37 Å². The van der Waals surface area contributed by atoms with Gasteiger partial charge in [-0.2, -0.15) is 0 Å². The van der Waals surface area contributed by atoms with Crippen molar-refractivity contribution in [2.45, 2.75) is 23.5 Å². The zero-order valence-corrected chi connectivity index (χ0v) is 13.3. The van der Waals surface area contributed by atoms with Crippen molar-refractivity contribution < 1.29 is 4.39 Å². The zero-order chi connectivity index (χ0) is 15.1. The van der Waals surface area contributed by atoms with Gasteiger partial charge in [-0.1, -0.05) is 12.1 Å². The first-order chi connectivity index (χ1) is 10.7. The van der Waals surface area contributed by atoms with E-state index in [1.165, 1.54) is 16.3 Å². The molecule has 3 aromatic rings. The molecular formula is C16H13FN2OS2. The van der Waals surface area contributed by atoms with Gasteiger partial charge in [0.15, 0.2) is 0 Å². The van der Waals surface area contributed by atoms with Gasteiger partial charge in [0, 0.05) is 6.42 Å². The number of benzene rings is 1. The predicted molar refractivity (Wildman–Crippen MR) is 88.5 cm³/mol. The molecule has 0 unspecified atom stereocenters. The standard InChI is InChI=1S/C16H13FN2OS2/c17-10-4-1-3-9(7-10)8-12-18-14(20)13-11-5-2-6-21-16(11)22-15(13)19-12/h1,3-4,7H,2,5-6,8H2,(H,18,19,20). The van der Waals surface area contributed by atoms with Gasteiger partial charge in [0.25, 0.3) is 5.56 Å². The zero-order valence-electron chi connectivity index (χ0n) is 11.7. The molecule has 112 valence electrons. The Morgan fingerprint density at radius 2 is 2.27 bits per heavy atom. The van der Waals surface area contributed by atoms with Crippen molar-refractivity contribution in [1.29, 1.82) is 0 Å². The predicted octanol–water partition coefficient (Wildman–Crippen LogP) is 3.75. The Balaban J connectivity index is 1.79. The molecule has 1 N–H and O–H groups in total. The molecule has 0 fully saturated rings. The van der Waals surface area contributed by atoms with E-state index in [1.807, 2.05) is 17.8 Å². The molecule has 0 atom stereocenters. The van der Waals surface area contributed by atoms with Crippen molar-refractivity contribution in [2.75, 3.05) is 5.75 Å². The van der Waals surface area contributed by atoms with Gasteiger partial charge in [-0.15, -0.1) is 23.1 Å². The van der Waals surface area contributed by atoms with Gasteiger partial charge >= 0.3 is 0 Å². The first-order valence-electron chi connectivity index (χ1n) is 7.12. The van der Waals surface area contributed by atoms with E-state index in [0.29, 0.717) is 12.2 Å². The average molecular weight is 332 g/mol. The number of aromatic nitrogens is 2. The number of fused-ring (bicyclic) bond motifs is 3. The Bertz CT molecular complexity index is 916. The summed E-state index contributed by atoms with van der Waals surface area (Å²) in [6, 6.07) is 6.39. The lowest BCUT2D eigenvalue weighted by atomic mass is 10.1. The summed E-state index contributed by atoms with van der Waals surface area (Å²) in [4.78, 5) is 20.7. The number of H-pyrrole nitrogens is 1. The number of thiophene rings is 1. The molecule has 0 saturated carbocycles. The number of nitrogens with zero attached hydrogens (tertiary/aromatic N) is 1. The van der Waals surface area contributed by atoms with Gasteiger partial charge in [0.05, 0.1) is 9.60 Å². The van der Waals surface area contributed by atoms with Crippen LogP contribution in [0.15, 0.2) is 33.3 Å². The Labute approximate surface area is 134 Å². The molecule has 0 amide bonds. The second-order valence-electron chi connectivity index (χ2n) is 5.32. The van der Waals surface area contributed by atoms with Crippen LogP contribution in [0.2, 0.25) is 0 Å². The molecule has 3 heterocycles. The molecule has 0 spiro atoms. The summed E-state index contributed by atoms with van der Waals surface area (Å²) in [6.45, 7) is 0. The highest BCUT2D eigenvalue weighted by atomic mass is 32.2. The topological polar surface area (TPSA) is 45.8 Å². The molecular weight excluding hydrogens is 319 g/mol. The molecule has 2 aromatic heterocycles. The first kappa shape index (κ1) is 14.0. The Kier molecular flexibility index (Phi) is 3.50. The molecule has 22 heavy (non-hydrogen) atoms. The maximum Gasteiger partial charge on any atom is 0.259 e. The van der Waals surface area contributed by atoms with E-state index in [1.54, 1.807) is 17.4 Å². The van der Waals surface area contributed by atoms with E-state index >= 15 is 0 Å². The molecule has 0 bridgehead atoms. The molecule has 1 aliphatic heterocycles. The SMILES string of the molecule is O=c1[nH]c(Cc2cccc(F)c2)nc2sc3c(c12)CCCS3. The van der Waals surface area contributed by atoms with Crippen LogP contribution < -0.4 is 5.56 Å². The molecule has 0 saturated heterocycles. The van der Waals surface area contributed by atoms with E-state index in [2.05, 4.69) is 9.97 Å². The van der Waals surface area contributed by atoms with E-state index in [0.717, 1.165) is 39.9 Å². The van der Waals surface area contributed by atoms with Crippen LogP contribution in [0.1, 0.15) is 23.4 Å². The Morgan fingerprint density at radius 3 is 3.14 bits per heavy atom. The summed E-state index contributed by atoms with van der Waals surface area (Å²) < 4.78 is 14.5. The maximum absolute atomic E-state index is 13.3. The minimum absolute atomic E-state index is 0.0728. The number of aryl methyl sites for hydroxylation is 1. The van der Waals surface area contributed by atoms with E-state index in [9.17, 15) is 9.18 Å². The van der Waals surface area contributed by atoms with Crippen LogP contribution in [0.5, 0.6) is 0 Å². The van der Waals surface area contributed by atoms with Gasteiger partial charge in [-0.3, -0.25) is 4.79 Å². The Morgan fingerprint density at radius 1 is 1.36 bits per heavy atom. The molecule has 1 aromatic carbocycles. The maximum atomic E-state index is 13.3. The summed E-state index contributed by atoms with van der Waals surface area (Å²) in [5.74, 6) is 1.42. The molecule has 0 aliphatic carbocycles. The molecule has 3 nitrogen and oxygen atoms in total. The minimum Gasteiger partial charge on any atom is -0.310 e. The second kappa shape index (κ2) is 5.52. The fourth-order valence-corrected chi connectivity index (χ4v) is 5.32. The number of halogens is 1. The summed E-state index contributed by atoms with van der Waals surface area (Å²) in [5, 5.41) is 0.746. The Hall–Kier alpha value is -1.66. The molecule has 6 heteroatoms. The molecule has 0 radical (unpaired) electrons. The third-order valence-electron chi connectivity index (χ3n) is 3.74. The number of nitrogens with one attached hydrogen (secondary N) is 1. The summed E-state index contributed by atoms with van der Waals surface area (Å²) in [6.07, 6.45) is 2.49. The monoisotopic (exact) mass is 332 g/mol. The highest BCUT2D eigenvalue weighted by molar-refractivity contribution is 8.01. The smallest absolute Gasteiger partial charge is 0.259 e. The lowest BCUT2D eigenvalue weighted by Crippen LogP contribution is -2.13. The van der Waals surface area contributed by atoms with Crippen LogP contribution in [-0.4, -0.2) is 15.7 Å². The van der Waals surface area contributed by atoms with Crippen molar-refractivity contribution in [3.8, 4) is 0 Å². The third kappa shape index (κ3) is 2.46. The van der Waals surface area contributed by atoms with Crippen LogP contribution >= 0.6 is 23.1 Å². The van der Waals surface area contributed by atoms with Crippen LogP contribution in [0, 0.1) is 5.82 Å².